The molecule has 0 aliphatic carbocycles. The zero-order valence-corrected chi connectivity index (χ0v) is 13.6. The van der Waals surface area contributed by atoms with Gasteiger partial charge in [0.25, 0.3) is 10.2 Å². The van der Waals surface area contributed by atoms with Crippen LogP contribution in [0.3, 0.4) is 0 Å². The molecule has 0 aromatic heterocycles. The smallest absolute Gasteiger partial charge is 0.277 e. The van der Waals surface area contributed by atoms with Gasteiger partial charge in [-0.2, -0.15) is 12.7 Å². The number of rotatable bonds is 5. The van der Waals surface area contributed by atoms with Crippen molar-refractivity contribution in [2.45, 2.75) is 25.7 Å². The Morgan fingerprint density at radius 1 is 1.18 bits per heavy atom. The summed E-state index contributed by atoms with van der Waals surface area (Å²) in [5, 5.41) is 5.13. The van der Waals surface area contributed by atoms with Gasteiger partial charge in [-0.1, -0.05) is 43.7 Å². The molecule has 0 saturated carbocycles. The van der Waals surface area contributed by atoms with Crippen LogP contribution in [0.4, 0.5) is 0 Å². The molecule has 0 bridgehead atoms. The molecule has 1 aromatic rings. The van der Waals surface area contributed by atoms with Crippen LogP contribution < -0.4 is 5.14 Å². The summed E-state index contributed by atoms with van der Waals surface area (Å²) in [7, 11) is -3.66. The average Bonchev–Trinajstić information content (AvgIpc) is 2.52. The van der Waals surface area contributed by atoms with E-state index >= 15 is 0 Å². The van der Waals surface area contributed by atoms with E-state index in [2.05, 4.69) is 6.92 Å². The van der Waals surface area contributed by atoms with Gasteiger partial charge < -0.3 is 4.90 Å². The van der Waals surface area contributed by atoms with Gasteiger partial charge in [0.2, 0.25) is 5.91 Å². The summed E-state index contributed by atoms with van der Waals surface area (Å²) in [6, 6.07) is 9.74. The number of benzene rings is 1. The zero-order chi connectivity index (χ0) is 16.2. The molecule has 122 valence electrons. The van der Waals surface area contributed by atoms with Crippen LogP contribution in [0, 0.1) is 0 Å². The number of carbonyl (C=O) groups excluding carboxylic acids is 1. The first kappa shape index (κ1) is 16.9. The summed E-state index contributed by atoms with van der Waals surface area (Å²) in [5.41, 5.74) is 1.02. The molecule has 1 aliphatic heterocycles. The Labute approximate surface area is 132 Å². The van der Waals surface area contributed by atoms with E-state index in [9.17, 15) is 13.2 Å². The number of piperazine rings is 1. The Balaban J connectivity index is 2.06. The van der Waals surface area contributed by atoms with Crippen molar-refractivity contribution in [2.24, 2.45) is 5.14 Å². The maximum Gasteiger partial charge on any atom is 0.277 e. The Hall–Kier alpha value is -1.44. The van der Waals surface area contributed by atoms with Crippen molar-refractivity contribution in [1.29, 1.82) is 0 Å². The standard InChI is InChI=1S/C15H23N3O3S/c1-2-6-14(13-7-4-3-5-8-13)15(19)17-9-11-18(12-10-17)22(16,20)21/h3-5,7-8,14H,2,6,9-12H2,1H3,(H2,16,20,21). The minimum Gasteiger partial charge on any atom is -0.340 e. The van der Waals surface area contributed by atoms with Gasteiger partial charge in [0, 0.05) is 26.2 Å². The van der Waals surface area contributed by atoms with Crippen molar-refractivity contribution in [1.82, 2.24) is 9.21 Å². The quantitative estimate of drug-likeness (QED) is 0.873. The van der Waals surface area contributed by atoms with E-state index in [4.69, 9.17) is 5.14 Å². The summed E-state index contributed by atoms with van der Waals surface area (Å²) in [5.74, 6) is -0.0886. The first-order valence-corrected chi connectivity index (χ1v) is 9.05. The normalized spacial score (nSPS) is 18.2. The molecule has 1 amide bonds. The molecule has 1 saturated heterocycles. The highest BCUT2D eigenvalue weighted by atomic mass is 32.2. The molecule has 0 radical (unpaired) electrons. The Morgan fingerprint density at radius 3 is 2.27 bits per heavy atom. The monoisotopic (exact) mass is 325 g/mol. The van der Waals surface area contributed by atoms with Gasteiger partial charge in [0.05, 0.1) is 5.92 Å². The number of hydrogen-bond donors (Lipinski definition) is 1. The van der Waals surface area contributed by atoms with Gasteiger partial charge in [-0.15, -0.1) is 0 Å². The van der Waals surface area contributed by atoms with Crippen LogP contribution in [0.1, 0.15) is 31.2 Å². The van der Waals surface area contributed by atoms with E-state index < -0.39 is 10.2 Å². The zero-order valence-electron chi connectivity index (χ0n) is 12.8. The molecule has 1 aliphatic rings. The maximum absolute atomic E-state index is 12.8. The van der Waals surface area contributed by atoms with Crippen molar-refractivity contribution in [2.75, 3.05) is 26.2 Å². The number of nitrogens with two attached hydrogens (primary N) is 1. The molecule has 6 nitrogen and oxygen atoms in total. The van der Waals surface area contributed by atoms with Crippen LogP contribution in [-0.2, 0) is 15.0 Å². The summed E-state index contributed by atoms with van der Waals surface area (Å²) >= 11 is 0. The van der Waals surface area contributed by atoms with Crippen LogP contribution in [0.25, 0.3) is 0 Å². The van der Waals surface area contributed by atoms with E-state index in [0.717, 1.165) is 18.4 Å². The largest absolute Gasteiger partial charge is 0.340 e. The molecule has 1 heterocycles. The third-order valence-corrected chi connectivity index (χ3v) is 5.07. The number of carbonyl (C=O) groups is 1. The predicted molar refractivity (Wildman–Crippen MR) is 85.4 cm³/mol. The molecule has 2 rings (SSSR count). The van der Waals surface area contributed by atoms with Crippen LogP contribution in [0.2, 0.25) is 0 Å². The fourth-order valence-corrected chi connectivity index (χ4v) is 3.46. The minimum atomic E-state index is -3.66. The van der Waals surface area contributed by atoms with Crippen molar-refractivity contribution >= 4 is 16.1 Å². The minimum absolute atomic E-state index is 0.0714. The van der Waals surface area contributed by atoms with Gasteiger partial charge in [-0.25, -0.2) is 5.14 Å². The number of nitrogens with zero attached hydrogens (tertiary/aromatic N) is 2. The third kappa shape index (κ3) is 4.06. The van der Waals surface area contributed by atoms with Crippen LogP contribution in [-0.4, -0.2) is 49.7 Å². The summed E-state index contributed by atoms with van der Waals surface area (Å²) < 4.78 is 23.9. The van der Waals surface area contributed by atoms with E-state index in [1.54, 1.807) is 4.90 Å². The van der Waals surface area contributed by atoms with Gasteiger partial charge in [-0.3, -0.25) is 4.79 Å². The second-order valence-electron chi connectivity index (χ2n) is 5.52. The van der Waals surface area contributed by atoms with E-state index in [-0.39, 0.29) is 24.9 Å². The number of amides is 1. The van der Waals surface area contributed by atoms with Crippen molar-refractivity contribution in [3.63, 3.8) is 0 Å². The lowest BCUT2D eigenvalue weighted by Crippen LogP contribution is -2.53. The summed E-state index contributed by atoms with van der Waals surface area (Å²) in [6.07, 6.45) is 1.71. The fraction of sp³-hybridized carbons (Fsp3) is 0.533. The van der Waals surface area contributed by atoms with Crippen molar-refractivity contribution in [3.8, 4) is 0 Å². The Morgan fingerprint density at radius 2 is 1.77 bits per heavy atom. The topological polar surface area (TPSA) is 83.7 Å². The van der Waals surface area contributed by atoms with Crippen LogP contribution in [0.15, 0.2) is 30.3 Å². The fourth-order valence-electron chi connectivity index (χ4n) is 2.79. The third-order valence-electron chi connectivity index (χ3n) is 3.99. The molecule has 1 atom stereocenters. The Bertz CT molecular complexity index is 596. The molecule has 1 unspecified atom stereocenters. The lowest BCUT2D eigenvalue weighted by atomic mass is 9.93. The summed E-state index contributed by atoms with van der Waals surface area (Å²) in [6.45, 7) is 3.36. The second kappa shape index (κ2) is 7.21. The highest BCUT2D eigenvalue weighted by molar-refractivity contribution is 7.86. The lowest BCUT2D eigenvalue weighted by Gasteiger charge is -2.35. The van der Waals surface area contributed by atoms with Crippen LogP contribution >= 0.6 is 0 Å². The second-order valence-corrected chi connectivity index (χ2v) is 7.07. The Kier molecular flexibility index (Phi) is 5.55. The van der Waals surface area contributed by atoms with Gasteiger partial charge in [0.15, 0.2) is 0 Å². The first-order chi connectivity index (χ1) is 10.4. The van der Waals surface area contributed by atoms with Gasteiger partial charge in [0.1, 0.15) is 0 Å². The highest BCUT2D eigenvalue weighted by Crippen LogP contribution is 2.24. The average molecular weight is 325 g/mol. The molecule has 22 heavy (non-hydrogen) atoms. The van der Waals surface area contributed by atoms with Crippen molar-refractivity contribution < 1.29 is 13.2 Å². The molecule has 7 heteroatoms. The van der Waals surface area contributed by atoms with Crippen molar-refractivity contribution in [3.05, 3.63) is 35.9 Å². The molecular formula is C15H23N3O3S. The summed E-state index contributed by atoms with van der Waals surface area (Å²) in [4.78, 5) is 14.5. The van der Waals surface area contributed by atoms with E-state index in [1.165, 1.54) is 4.31 Å². The molecule has 1 fully saturated rings. The molecular weight excluding hydrogens is 302 g/mol. The lowest BCUT2D eigenvalue weighted by molar-refractivity contribution is -0.134. The van der Waals surface area contributed by atoms with Gasteiger partial charge >= 0.3 is 0 Å². The van der Waals surface area contributed by atoms with Gasteiger partial charge in [-0.05, 0) is 12.0 Å². The van der Waals surface area contributed by atoms with E-state index in [0.29, 0.717) is 13.1 Å². The van der Waals surface area contributed by atoms with E-state index in [1.807, 2.05) is 30.3 Å². The molecule has 2 N–H and O–H groups in total. The molecule has 1 aromatic carbocycles. The highest BCUT2D eigenvalue weighted by Gasteiger charge is 2.30. The van der Waals surface area contributed by atoms with Crippen LogP contribution in [0.5, 0.6) is 0 Å². The maximum atomic E-state index is 12.8. The predicted octanol–water partition coefficient (Wildman–Crippen LogP) is 0.918. The number of hydrogen-bond acceptors (Lipinski definition) is 3. The first-order valence-electron chi connectivity index (χ1n) is 7.55. The SMILES string of the molecule is CCCC(C(=O)N1CCN(S(N)(=O)=O)CC1)c1ccccc1. The molecule has 0 spiro atoms.